The summed E-state index contributed by atoms with van der Waals surface area (Å²) in [5, 5.41) is 11.0. The second-order valence-electron chi connectivity index (χ2n) is 4.83. The van der Waals surface area contributed by atoms with Gasteiger partial charge in [0.15, 0.2) is 0 Å². The highest BCUT2D eigenvalue weighted by atomic mass is 16.3. The van der Waals surface area contributed by atoms with E-state index in [0.717, 1.165) is 29.5 Å². The van der Waals surface area contributed by atoms with Crippen molar-refractivity contribution in [2.45, 2.75) is 25.4 Å². The van der Waals surface area contributed by atoms with Crippen LogP contribution in [0, 0.1) is 6.92 Å². The SMILES string of the molecule is Cc1ccccc1[C@]1(O)CCc2ccccc21. The van der Waals surface area contributed by atoms with Gasteiger partial charge in [-0.3, -0.25) is 0 Å². The number of benzene rings is 2. The molecule has 1 atom stereocenters. The smallest absolute Gasteiger partial charge is 0.115 e. The molecule has 0 spiro atoms. The fraction of sp³-hybridized carbons (Fsp3) is 0.250. The van der Waals surface area contributed by atoms with Crippen LogP contribution in [0.2, 0.25) is 0 Å². The Morgan fingerprint density at radius 1 is 0.941 bits per heavy atom. The third kappa shape index (κ3) is 1.50. The monoisotopic (exact) mass is 224 g/mol. The molecule has 1 aliphatic rings. The minimum Gasteiger partial charge on any atom is -0.380 e. The van der Waals surface area contributed by atoms with Crippen molar-refractivity contribution in [3.63, 3.8) is 0 Å². The van der Waals surface area contributed by atoms with E-state index in [1.54, 1.807) is 0 Å². The second kappa shape index (κ2) is 3.71. The van der Waals surface area contributed by atoms with Gasteiger partial charge in [-0.05, 0) is 42.0 Å². The highest BCUT2D eigenvalue weighted by Gasteiger charge is 2.38. The molecule has 0 unspecified atom stereocenters. The molecule has 0 amide bonds. The molecule has 86 valence electrons. The summed E-state index contributed by atoms with van der Waals surface area (Å²) in [6.45, 7) is 2.06. The number of rotatable bonds is 1. The Morgan fingerprint density at radius 2 is 1.59 bits per heavy atom. The average Bonchev–Trinajstić information content (AvgIpc) is 2.70. The Hall–Kier alpha value is -1.60. The van der Waals surface area contributed by atoms with Gasteiger partial charge in [0.2, 0.25) is 0 Å². The third-order valence-corrected chi connectivity index (χ3v) is 3.81. The van der Waals surface area contributed by atoms with Crippen LogP contribution in [0.5, 0.6) is 0 Å². The van der Waals surface area contributed by atoms with Gasteiger partial charge < -0.3 is 5.11 Å². The van der Waals surface area contributed by atoms with E-state index in [4.69, 9.17) is 0 Å². The molecule has 2 aromatic carbocycles. The van der Waals surface area contributed by atoms with Crippen LogP contribution in [0.3, 0.4) is 0 Å². The summed E-state index contributed by atoms with van der Waals surface area (Å²) < 4.78 is 0. The predicted octanol–water partition coefficient (Wildman–Crippen LogP) is 3.18. The zero-order valence-electron chi connectivity index (χ0n) is 9.98. The molecule has 0 heterocycles. The first-order valence-electron chi connectivity index (χ1n) is 6.09. The maximum Gasteiger partial charge on any atom is 0.115 e. The lowest BCUT2D eigenvalue weighted by Gasteiger charge is -2.26. The zero-order chi connectivity index (χ0) is 11.9. The summed E-state index contributed by atoms with van der Waals surface area (Å²) in [5.41, 5.74) is 3.77. The predicted molar refractivity (Wildman–Crippen MR) is 68.9 cm³/mol. The molecule has 1 aliphatic carbocycles. The quantitative estimate of drug-likeness (QED) is 0.788. The standard InChI is InChI=1S/C16H16O/c1-12-6-2-4-8-14(12)16(17)11-10-13-7-3-5-9-15(13)16/h2-9,17H,10-11H2,1H3/t16-/m1/s1. The second-order valence-corrected chi connectivity index (χ2v) is 4.83. The Morgan fingerprint density at radius 3 is 2.35 bits per heavy atom. The van der Waals surface area contributed by atoms with Crippen molar-refractivity contribution in [2.24, 2.45) is 0 Å². The number of fused-ring (bicyclic) bond motifs is 1. The normalized spacial score (nSPS) is 22.5. The lowest BCUT2D eigenvalue weighted by Crippen LogP contribution is -2.24. The topological polar surface area (TPSA) is 20.2 Å². The molecule has 2 aromatic rings. The summed E-state index contributed by atoms with van der Waals surface area (Å²) >= 11 is 0. The largest absolute Gasteiger partial charge is 0.380 e. The molecule has 0 bridgehead atoms. The van der Waals surface area contributed by atoms with Crippen LogP contribution in [-0.4, -0.2) is 5.11 Å². The first-order valence-corrected chi connectivity index (χ1v) is 6.09. The van der Waals surface area contributed by atoms with E-state index >= 15 is 0 Å². The van der Waals surface area contributed by atoms with Crippen molar-refractivity contribution < 1.29 is 5.11 Å². The minimum atomic E-state index is -0.790. The lowest BCUT2D eigenvalue weighted by atomic mass is 9.85. The highest BCUT2D eigenvalue weighted by molar-refractivity contribution is 5.47. The van der Waals surface area contributed by atoms with Gasteiger partial charge in [0.05, 0.1) is 0 Å². The molecule has 0 saturated heterocycles. The van der Waals surface area contributed by atoms with E-state index in [-0.39, 0.29) is 0 Å². The van der Waals surface area contributed by atoms with Crippen molar-refractivity contribution in [3.05, 3.63) is 70.8 Å². The molecule has 3 rings (SSSR count). The summed E-state index contributed by atoms with van der Waals surface area (Å²) in [6, 6.07) is 16.3. The van der Waals surface area contributed by atoms with Crippen molar-refractivity contribution in [3.8, 4) is 0 Å². The van der Waals surface area contributed by atoms with Gasteiger partial charge in [0, 0.05) is 0 Å². The van der Waals surface area contributed by atoms with Gasteiger partial charge in [-0.1, -0.05) is 48.5 Å². The first-order chi connectivity index (χ1) is 8.22. The summed E-state index contributed by atoms with van der Waals surface area (Å²) in [6.07, 6.45) is 1.75. The molecule has 1 heteroatoms. The number of aliphatic hydroxyl groups is 1. The van der Waals surface area contributed by atoms with Crippen LogP contribution in [0.1, 0.15) is 28.7 Å². The van der Waals surface area contributed by atoms with Crippen LogP contribution < -0.4 is 0 Å². The van der Waals surface area contributed by atoms with Gasteiger partial charge in [-0.2, -0.15) is 0 Å². The number of aryl methyl sites for hydroxylation is 2. The van der Waals surface area contributed by atoms with Gasteiger partial charge in [0.1, 0.15) is 5.60 Å². The molecule has 0 aliphatic heterocycles. The van der Waals surface area contributed by atoms with E-state index in [1.165, 1.54) is 5.56 Å². The van der Waals surface area contributed by atoms with Crippen LogP contribution >= 0.6 is 0 Å². The molecule has 0 fully saturated rings. The fourth-order valence-corrected chi connectivity index (χ4v) is 2.91. The molecule has 1 N–H and O–H groups in total. The highest BCUT2D eigenvalue weighted by Crippen LogP contribution is 2.42. The van der Waals surface area contributed by atoms with E-state index in [1.807, 2.05) is 30.3 Å². The molecule has 0 aromatic heterocycles. The van der Waals surface area contributed by atoms with Gasteiger partial charge in [-0.25, -0.2) is 0 Å². The Labute approximate surface area is 102 Å². The van der Waals surface area contributed by atoms with Crippen molar-refractivity contribution >= 4 is 0 Å². The Bertz CT molecular complexity index is 559. The van der Waals surface area contributed by atoms with Crippen molar-refractivity contribution in [1.82, 2.24) is 0 Å². The molecule has 0 saturated carbocycles. The molecule has 1 nitrogen and oxygen atoms in total. The molecular weight excluding hydrogens is 208 g/mol. The van der Waals surface area contributed by atoms with E-state index in [0.29, 0.717) is 0 Å². The van der Waals surface area contributed by atoms with Crippen LogP contribution in [0.15, 0.2) is 48.5 Å². The molecule has 17 heavy (non-hydrogen) atoms. The van der Waals surface area contributed by atoms with E-state index in [2.05, 4.69) is 25.1 Å². The fourth-order valence-electron chi connectivity index (χ4n) is 2.91. The van der Waals surface area contributed by atoms with Gasteiger partial charge in [0.25, 0.3) is 0 Å². The van der Waals surface area contributed by atoms with E-state index in [9.17, 15) is 5.11 Å². The Balaban J connectivity index is 2.19. The summed E-state index contributed by atoms with van der Waals surface area (Å²) in [5.74, 6) is 0. The van der Waals surface area contributed by atoms with Crippen molar-refractivity contribution in [1.29, 1.82) is 0 Å². The summed E-state index contributed by atoms with van der Waals surface area (Å²) in [7, 11) is 0. The first kappa shape index (κ1) is 10.5. The van der Waals surface area contributed by atoms with Crippen molar-refractivity contribution in [2.75, 3.05) is 0 Å². The number of hydrogen-bond donors (Lipinski definition) is 1. The van der Waals surface area contributed by atoms with Gasteiger partial charge in [-0.15, -0.1) is 0 Å². The molecule has 0 radical (unpaired) electrons. The maximum atomic E-state index is 11.0. The Kier molecular flexibility index (Phi) is 2.30. The lowest BCUT2D eigenvalue weighted by molar-refractivity contribution is 0.0823. The van der Waals surface area contributed by atoms with Crippen LogP contribution in [-0.2, 0) is 12.0 Å². The zero-order valence-corrected chi connectivity index (χ0v) is 9.98. The van der Waals surface area contributed by atoms with Crippen LogP contribution in [0.25, 0.3) is 0 Å². The summed E-state index contributed by atoms with van der Waals surface area (Å²) in [4.78, 5) is 0. The van der Waals surface area contributed by atoms with Gasteiger partial charge >= 0.3 is 0 Å². The average molecular weight is 224 g/mol. The van der Waals surface area contributed by atoms with Crippen LogP contribution in [0.4, 0.5) is 0 Å². The minimum absolute atomic E-state index is 0.789. The maximum absolute atomic E-state index is 11.0. The number of hydrogen-bond acceptors (Lipinski definition) is 1. The van der Waals surface area contributed by atoms with E-state index < -0.39 is 5.60 Å². The third-order valence-electron chi connectivity index (χ3n) is 3.81. The molecular formula is C16H16O.